The maximum atomic E-state index is 4.93. The maximum absolute atomic E-state index is 4.93. The van der Waals surface area contributed by atoms with E-state index in [0.717, 1.165) is 0 Å². The zero-order valence-corrected chi connectivity index (χ0v) is 11.8. The van der Waals surface area contributed by atoms with Gasteiger partial charge in [-0.1, -0.05) is 27.7 Å². The van der Waals surface area contributed by atoms with Crippen molar-refractivity contribution in [2.45, 2.75) is 27.7 Å². The molecule has 0 aliphatic heterocycles. The molecular formula is C13H19NRu. The summed E-state index contributed by atoms with van der Waals surface area (Å²) in [6, 6.07) is 0. The van der Waals surface area contributed by atoms with E-state index in [0.29, 0.717) is 0 Å². The van der Waals surface area contributed by atoms with Crippen LogP contribution in [0.4, 0.5) is 0 Å². The van der Waals surface area contributed by atoms with E-state index in [4.69, 9.17) is 6.58 Å². The van der Waals surface area contributed by atoms with E-state index in [1.54, 1.807) is 6.08 Å². The molecule has 0 atom stereocenters. The van der Waals surface area contributed by atoms with Gasteiger partial charge in [0.1, 0.15) is 0 Å². The minimum Gasteiger partial charge on any atom is -0.470 e. The van der Waals surface area contributed by atoms with Crippen LogP contribution < -0.4 is 0 Å². The minimum atomic E-state index is 0. The average Bonchev–Trinajstić information content (AvgIpc) is 2.36. The molecule has 0 saturated carbocycles. The molecule has 0 fully saturated rings. The van der Waals surface area contributed by atoms with Gasteiger partial charge in [0.05, 0.1) is 0 Å². The molecule has 0 unspecified atom stereocenters. The summed E-state index contributed by atoms with van der Waals surface area (Å²) in [5, 5.41) is 0. The molecule has 1 rings (SSSR count). The van der Waals surface area contributed by atoms with Gasteiger partial charge in [-0.15, -0.1) is 11.9 Å². The molecule has 15 heavy (non-hydrogen) atoms. The second-order valence-corrected chi connectivity index (χ2v) is 3.22. The maximum Gasteiger partial charge on any atom is 2.00 e. The number of hydrogen-bond donors (Lipinski definition) is 0. The van der Waals surface area contributed by atoms with Gasteiger partial charge in [-0.3, -0.25) is 6.58 Å². The van der Waals surface area contributed by atoms with E-state index in [-0.39, 0.29) is 19.5 Å². The van der Waals surface area contributed by atoms with E-state index >= 15 is 0 Å². The van der Waals surface area contributed by atoms with Gasteiger partial charge < -0.3 is 4.57 Å². The first kappa shape index (κ1) is 16.8. The third kappa shape index (κ3) is 5.74. The molecule has 0 aromatic carbocycles. The van der Waals surface area contributed by atoms with Gasteiger partial charge in [0, 0.05) is 0 Å². The van der Waals surface area contributed by atoms with Crippen LogP contribution in [0.15, 0.2) is 18.2 Å². The fraction of sp³-hybridized carbons (Fsp3) is 0.385. The van der Waals surface area contributed by atoms with Crippen LogP contribution in [0, 0.1) is 33.5 Å². The summed E-state index contributed by atoms with van der Waals surface area (Å²) in [5.41, 5.74) is 3.93. The fourth-order valence-electron chi connectivity index (χ4n) is 1.05. The summed E-state index contributed by atoms with van der Waals surface area (Å²) in [4.78, 5) is 0. The first-order valence-corrected chi connectivity index (χ1v) is 4.72. The standard InChI is InChI=1S/C8H12N.C5H7.Ru/c1-6-5-9(4)8(3)7(6)2;1-3-5-4-2;/h1-4H3;1,3-5H,2H3;/q2*-1;+2. The summed E-state index contributed by atoms with van der Waals surface area (Å²) in [6.07, 6.45) is 8.34. The molecular weight excluding hydrogens is 271 g/mol. The predicted octanol–water partition coefficient (Wildman–Crippen LogP) is 3.30. The van der Waals surface area contributed by atoms with Crippen molar-refractivity contribution in [3.63, 3.8) is 0 Å². The second-order valence-electron chi connectivity index (χ2n) is 3.22. The van der Waals surface area contributed by atoms with Crippen LogP contribution in [0.1, 0.15) is 23.7 Å². The zero-order valence-electron chi connectivity index (χ0n) is 10.1. The van der Waals surface area contributed by atoms with Crippen LogP contribution in [-0.4, -0.2) is 4.57 Å². The fourth-order valence-corrected chi connectivity index (χ4v) is 1.05. The molecule has 0 aliphatic carbocycles. The van der Waals surface area contributed by atoms with Crippen molar-refractivity contribution in [1.82, 2.24) is 4.57 Å². The Balaban J connectivity index is 0. The van der Waals surface area contributed by atoms with Gasteiger partial charge in [0.25, 0.3) is 0 Å². The Morgan fingerprint density at radius 2 is 1.80 bits per heavy atom. The second kappa shape index (κ2) is 8.67. The topological polar surface area (TPSA) is 4.93 Å². The van der Waals surface area contributed by atoms with Crippen LogP contribution >= 0.6 is 0 Å². The van der Waals surface area contributed by atoms with Crippen molar-refractivity contribution in [3.8, 4) is 0 Å². The molecule has 0 spiro atoms. The Labute approximate surface area is 107 Å². The van der Waals surface area contributed by atoms with Crippen molar-refractivity contribution in [3.05, 3.63) is 47.8 Å². The normalized spacial score (nSPS) is 9.13. The van der Waals surface area contributed by atoms with Crippen LogP contribution in [0.5, 0.6) is 0 Å². The quantitative estimate of drug-likeness (QED) is 0.425. The molecule has 0 N–H and O–H groups in total. The minimum absolute atomic E-state index is 0. The zero-order chi connectivity index (χ0) is 11.1. The van der Waals surface area contributed by atoms with E-state index in [1.165, 1.54) is 22.9 Å². The molecule has 0 aliphatic rings. The van der Waals surface area contributed by atoms with E-state index in [9.17, 15) is 0 Å². The van der Waals surface area contributed by atoms with Gasteiger partial charge in [-0.25, -0.2) is 12.2 Å². The van der Waals surface area contributed by atoms with Crippen LogP contribution in [0.2, 0.25) is 0 Å². The van der Waals surface area contributed by atoms with Crippen molar-refractivity contribution < 1.29 is 19.5 Å². The van der Waals surface area contributed by atoms with Gasteiger partial charge >= 0.3 is 19.5 Å². The van der Waals surface area contributed by atoms with E-state index in [1.807, 2.05) is 24.6 Å². The number of aromatic nitrogens is 1. The average molecular weight is 290 g/mol. The first-order valence-electron chi connectivity index (χ1n) is 4.72. The van der Waals surface area contributed by atoms with Crippen molar-refractivity contribution >= 4 is 0 Å². The number of allylic oxidation sites excluding steroid dienone is 3. The molecule has 0 bridgehead atoms. The molecule has 1 nitrogen and oxygen atoms in total. The molecule has 84 valence electrons. The van der Waals surface area contributed by atoms with Crippen LogP contribution in [-0.2, 0) is 26.5 Å². The molecule has 1 heterocycles. The smallest absolute Gasteiger partial charge is 0.470 e. The van der Waals surface area contributed by atoms with Gasteiger partial charge in [0.2, 0.25) is 0 Å². The molecule has 0 amide bonds. The summed E-state index contributed by atoms with van der Waals surface area (Å²) in [5.74, 6) is 0. The Morgan fingerprint density at radius 1 is 1.27 bits per heavy atom. The van der Waals surface area contributed by atoms with E-state index < -0.39 is 0 Å². The van der Waals surface area contributed by atoms with Crippen molar-refractivity contribution in [2.24, 2.45) is 7.05 Å². The van der Waals surface area contributed by atoms with Gasteiger partial charge in [-0.05, 0) is 7.05 Å². The summed E-state index contributed by atoms with van der Waals surface area (Å²) in [7, 11) is 2.02. The third-order valence-electron chi connectivity index (χ3n) is 2.25. The van der Waals surface area contributed by atoms with Crippen molar-refractivity contribution in [1.29, 1.82) is 0 Å². The van der Waals surface area contributed by atoms with Crippen LogP contribution in [0.25, 0.3) is 0 Å². The monoisotopic (exact) mass is 291 g/mol. The number of nitrogens with zero attached hydrogens (tertiary/aromatic N) is 1. The van der Waals surface area contributed by atoms with Gasteiger partial charge in [0.15, 0.2) is 0 Å². The molecule has 0 saturated heterocycles. The number of rotatable bonds is 1. The first-order chi connectivity index (χ1) is 6.54. The Kier molecular flexibility index (Phi) is 9.71. The number of aryl methyl sites for hydroxylation is 2. The summed E-state index contributed by atoms with van der Waals surface area (Å²) < 4.78 is 2.03. The molecule has 1 aromatic heterocycles. The molecule has 2 heteroatoms. The Bertz CT molecular complexity index is 299. The molecule has 0 radical (unpaired) electrons. The number of hydrogen-bond acceptors (Lipinski definition) is 0. The SMILES string of the molecule is Cc1[c-]n(C)c(C)c1C.[CH-]=CC=CC.[Ru+2]. The summed E-state index contributed by atoms with van der Waals surface area (Å²) >= 11 is 0. The molecule has 1 aromatic rings. The Hall–Kier alpha value is -0.617. The summed E-state index contributed by atoms with van der Waals surface area (Å²) in [6.45, 7) is 13.2. The van der Waals surface area contributed by atoms with Crippen LogP contribution in [0.3, 0.4) is 0 Å². The largest absolute Gasteiger partial charge is 2.00 e. The Morgan fingerprint density at radius 3 is 1.87 bits per heavy atom. The van der Waals surface area contributed by atoms with Crippen molar-refractivity contribution in [2.75, 3.05) is 0 Å². The van der Waals surface area contributed by atoms with E-state index in [2.05, 4.69) is 27.0 Å². The third-order valence-corrected chi connectivity index (χ3v) is 2.25. The van der Waals surface area contributed by atoms with Gasteiger partial charge in [-0.2, -0.15) is 17.2 Å². The predicted molar refractivity (Wildman–Crippen MR) is 62.1 cm³/mol.